The Balaban J connectivity index is 1.37. The summed E-state index contributed by atoms with van der Waals surface area (Å²) in [7, 11) is 0. The molecule has 0 spiro atoms. The largest absolute Gasteiger partial charge is 0.360 e. The minimum Gasteiger partial charge on any atom is -0.360 e. The van der Waals surface area contributed by atoms with Crippen molar-refractivity contribution in [1.29, 1.82) is 0 Å². The van der Waals surface area contributed by atoms with Crippen molar-refractivity contribution in [3.8, 4) is 10.4 Å². The molecule has 0 aliphatic heterocycles. The van der Waals surface area contributed by atoms with Crippen molar-refractivity contribution in [3.63, 3.8) is 0 Å². The lowest BCUT2D eigenvalue weighted by molar-refractivity contribution is 0.0127. The molecule has 4 rings (SSSR count). The lowest BCUT2D eigenvalue weighted by Crippen LogP contribution is -2.31. The van der Waals surface area contributed by atoms with Gasteiger partial charge in [0.15, 0.2) is 5.13 Å². The molecule has 0 saturated carbocycles. The summed E-state index contributed by atoms with van der Waals surface area (Å²) < 4.78 is 39.9. The molecular formula is C22H20F3N5S. The van der Waals surface area contributed by atoms with E-state index in [2.05, 4.69) is 20.3 Å². The van der Waals surface area contributed by atoms with Crippen LogP contribution in [0.1, 0.15) is 18.2 Å². The number of rotatable bonds is 7. The molecule has 3 aromatic heterocycles. The van der Waals surface area contributed by atoms with Crippen LogP contribution < -0.4 is 11.1 Å². The van der Waals surface area contributed by atoms with Crippen LogP contribution in [0.5, 0.6) is 0 Å². The fourth-order valence-corrected chi connectivity index (χ4v) is 3.97. The summed E-state index contributed by atoms with van der Waals surface area (Å²) in [5.74, 6) is -3.47. The van der Waals surface area contributed by atoms with Crippen molar-refractivity contribution in [3.05, 3.63) is 72.2 Å². The first-order valence-corrected chi connectivity index (χ1v) is 10.4. The van der Waals surface area contributed by atoms with E-state index < -0.39 is 11.9 Å². The van der Waals surface area contributed by atoms with Crippen LogP contribution in [-0.4, -0.2) is 27.5 Å². The Labute approximate surface area is 181 Å². The van der Waals surface area contributed by atoms with Crippen LogP contribution in [0.4, 0.5) is 18.3 Å². The molecule has 9 heteroatoms. The van der Waals surface area contributed by atoms with Crippen LogP contribution in [0.25, 0.3) is 21.2 Å². The lowest BCUT2D eigenvalue weighted by Gasteiger charge is -2.13. The minimum atomic E-state index is -2.96. The molecular weight excluding hydrogens is 423 g/mol. The Morgan fingerprint density at radius 3 is 2.61 bits per heavy atom. The maximum atomic E-state index is 13.4. The third kappa shape index (κ3) is 5.18. The number of alkyl halides is 2. The first kappa shape index (κ1) is 21.2. The van der Waals surface area contributed by atoms with Gasteiger partial charge in [-0.1, -0.05) is 29.5 Å². The van der Waals surface area contributed by atoms with Crippen molar-refractivity contribution in [2.75, 3.05) is 11.9 Å². The van der Waals surface area contributed by atoms with Gasteiger partial charge in [-0.25, -0.2) is 9.97 Å². The molecule has 4 aromatic rings. The van der Waals surface area contributed by atoms with Crippen LogP contribution in [0, 0.1) is 5.95 Å². The molecule has 1 aromatic carbocycles. The number of nitrogens with one attached hydrogen (secondary N) is 1. The number of pyridine rings is 2. The van der Waals surface area contributed by atoms with Gasteiger partial charge in [0, 0.05) is 49.6 Å². The maximum Gasteiger partial charge on any atom is 0.286 e. The number of benzene rings is 1. The highest BCUT2D eigenvalue weighted by Crippen LogP contribution is 2.31. The predicted octanol–water partition coefficient (Wildman–Crippen LogP) is 4.99. The van der Waals surface area contributed by atoms with Gasteiger partial charge in [0.2, 0.25) is 5.95 Å². The number of aromatic nitrogens is 3. The summed E-state index contributed by atoms with van der Waals surface area (Å²) in [6.07, 6.45) is 5.20. The normalized spacial score (nSPS) is 12.8. The van der Waals surface area contributed by atoms with Crippen molar-refractivity contribution < 1.29 is 13.2 Å². The van der Waals surface area contributed by atoms with Gasteiger partial charge in [0.05, 0.1) is 4.88 Å². The molecule has 1 atom stereocenters. The van der Waals surface area contributed by atoms with Gasteiger partial charge in [-0.2, -0.15) is 13.2 Å². The van der Waals surface area contributed by atoms with Crippen molar-refractivity contribution in [2.24, 2.45) is 5.73 Å². The fraction of sp³-hybridized carbons (Fsp3) is 0.227. The molecule has 160 valence electrons. The Kier molecular flexibility index (Phi) is 5.88. The molecule has 3 N–H and O–H groups in total. The van der Waals surface area contributed by atoms with Crippen LogP contribution in [0.2, 0.25) is 0 Å². The van der Waals surface area contributed by atoms with Gasteiger partial charge in [-0.3, -0.25) is 4.98 Å². The van der Waals surface area contributed by atoms with Gasteiger partial charge < -0.3 is 11.1 Å². The highest BCUT2D eigenvalue weighted by atomic mass is 32.1. The predicted molar refractivity (Wildman–Crippen MR) is 117 cm³/mol. The zero-order valence-electron chi connectivity index (χ0n) is 16.6. The van der Waals surface area contributed by atoms with E-state index in [0.29, 0.717) is 18.1 Å². The highest BCUT2D eigenvalue weighted by Gasteiger charge is 2.25. The quantitative estimate of drug-likeness (QED) is 0.394. The number of hydrogen-bond donors (Lipinski definition) is 2. The second-order valence-corrected chi connectivity index (χ2v) is 8.41. The molecule has 0 aliphatic rings. The van der Waals surface area contributed by atoms with E-state index in [-0.39, 0.29) is 11.7 Å². The van der Waals surface area contributed by atoms with Crippen molar-refractivity contribution in [1.82, 2.24) is 15.0 Å². The standard InChI is InChI=1S/C22H20F3N5S/c1-22(24,25)19-5-2-13(9-27-19)6-17(26)11-29-21-30-12-18(31-21)14-3-4-15-10-28-20(23)8-16(15)7-14/h2-5,7-10,12,17H,6,11,26H2,1H3,(H,29,30)/t17-/m1/s1. The highest BCUT2D eigenvalue weighted by molar-refractivity contribution is 7.18. The summed E-state index contributed by atoms with van der Waals surface area (Å²) in [6, 6.07) is 9.86. The van der Waals surface area contributed by atoms with Gasteiger partial charge in [-0.15, -0.1) is 0 Å². The Bertz CT molecular complexity index is 1190. The topological polar surface area (TPSA) is 76.7 Å². The van der Waals surface area contributed by atoms with Gasteiger partial charge in [0.25, 0.3) is 5.92 Å². The monoisotopic (exact) mass is 443 g/mol. The third-order valence-electron chi connectivity index (χ3n) is 4.77. The third-order valence-corrected chi connectivity index (χ3v) is 5.77. The zero-order chi connectivity index (χ0) is 22.0. The molecule has 0 fully saturated rings. The summed E-state index contributed by atoms with van der Waals surface area (Å²) >= 11 is 1.47. The van der Waals surface area contributed by atoms with Gasteiger partial charge in [-0.05, 0) is 35.1 Å². The average Bonchev–Trinajstić information content (AvgIpc) is 3.20. The fourth-order valence-electron chi connectivity index (χ4n) is 3.15. The Morgan fingerprint density at radius 1 is 1.03 bits per heavy atom. The molecule has 0 aliphatic carbocycles. The number of anilines is 1. The van der Waals surface area contributed by atoms with E-state index in [1.165, 1.54) is 35.9 Å². The average molecular weight is 443 g/mol. The van der Waals surface area contributed by atoms with E-state index in [0.717, 1.165) is 33.7 Å². The molecule has 0 radical (unpaired) electrons. The van der Waals surface area contributed by atoms with E-state index in [4.69, 9.17) is 5.73 Å². The van der Waals surface area contributed by atoms with E-state index >= 15 is 0 Å². The van der Waals surface area contributed by atoms with E-state index in [1.54, 1.807) is 12.3 Å². The number of thiazole rings is 1. The van der Waals surface area contributed by atoms with Crippen molar-refractivity contribution in [2.45, 2.75) is 25.3 Å². The molecule has 5 nitrogen and oxygen atoms in total. The Morgan fingerprint density at radius 2 is 1.87 bits per heavy atom. The lowest BCUT2D eigenvalue weighted by atomic mass is 10.1. The van der Waals surface area contributed by atoms with E-state index in [9.17, 15) is 13.2 Å². The van der Waals surface area contributed by atoms with Crippen LogP contribution in [0.15, 0.2) is 55.0 Å². The summed E-state index contributed by atoms with van der Waals surface area (Å²) in [5.41, 5.74) is 7.64. The van der Waals surface area contributed by atoms with Gasteiger partial charge >= 0.3 is 0 Å². The molecule has 0 bridgehead atoms. The first-order chi connectivity index (χ1) is 14.8. The number of halogens is 3. The van der Waals surface area contributed by atoms with Crippen LogP contribution in [-0.2, 0) is 12.3 Å². The molecule has 3 heterocycles. The van der Waals surface area contributed by atoms with Crippen molar-refractivity contribution >= 4 is 27.2 Å². The Hall–Kier alpha value is -3.04. The second-order valence-electron chi connectivity index (χ2n) is 7.38. The smallest absolute Gasteiger partial charge is 0.286 e. The summed E-state index contributed by atoms with van der Waals surface area (Å²) in [5, 5.41) is 5.56. The number of fused-ring (bicyclic) bond motifs is 1. The minimum absolute atomic E-state index is 0.238. The molecule has 0 saturated heterocycles. The molecule has 0 unspecified atom stereocenters. The van der Waals surface area contributed by atoms with Gasteiger partial charge in [0.1, 0.15) is 5.69 Å². The first-order valence-electron chi connectivity index (χ1n) is 9.62. The number of hydrogen-bond acceptors (Lipinski definition) is 6. The van der Waals surface area contributed by atoms with Crippen LogP contribution in [0.3, 0.4) is 0 Å². The molecule has 31 heavy (non-hydrogen) atoms. The SMILES string of the molecule is CC(F)(F)c1ccc(C[C@@H](N)CNc2ncc(-c3ccc4cnc(F)cc4c3)s2)cn1. The number of nitrogens with zero attached hydrogens (tertiary/aromatic N) is 3. The summed E-state index contributed by atoms with van der Waals surface area (Å²) in [4.78, 5) is 12.8. The molecule has 0 amide bonds. The zero-order valence-corrected chi connectivity index (χ0v) is 17.5. The number of nitrogens with two attached hydrogens (primary N) is 1. The second kappa shape index (κ2) is 8.60. The summed E-state index contributed by atoms with van der Waals surface area (Å²) in [6.45, 7) is 1.29. The van der Waals surface area contributed by atoms with Crippen LogP contribution >= 0.6 is 11.3 Å². The maximum absolute atomic E-state index is 13.4. The van der Waals surface area contributed by atoms with E-state index in [1.807, 2.05) is 18.2 Å².